The molecule has 0 atom stereocenters. The van der Waals surface area contributed by atoms with Crippen LogP contribution in [-0.2, 0) is 16.0 Å². The van der Waals surface area contributed by atoms with Crippen molar-refractivity contribution >= 4 is 17.6 Å². The number of esters is 1. The minimum Gasteiger partial charge on any atom is -0.496 e. The lowest BCUT2D eigenvalue weighted by atomic mass is 10.1. The molecule has 27 heavy (non-hydrogen) atoms. The first-order valence-electron chi connectivity index (χ1n) is 8.38. The van der Waals surface area contributed by atoms with Crippen LogP contribution in [-0.4, -0.2) is 39.8 Å². The van der Waals surface area contributed by atoms with E-state index >= 15 is 0 Å². The Morgan fingerprint density at radius 3 is 2.04 bits per heavy atom. The standard InChI is InChI=1S/C20H23NO6/c1-5-13-6-8-14(9-7-13)21-19(22)12-27-20(23)15-10-17(25-3)18(26-4)11-16(15)24-2/h6-11H,5,12H2,1-4H3,(H,21,22). The van der Waals surface area contributed by atoms with Crippen LogP contribution in [0.25, 0.3) is 0 Å². The maximum atomic E-state index is 12.4. The van der Waals surface area contributed by atoms with Crippen molar-refractivity contribution in [3.05, 3.63) is 47.5 Å². The number of benzene rings is 2. The highest BCUT2D eigenvalue weighted by Crippen LogP contribution is 2.34. The third-order valence-electron chi connectivity index (χ3n) is 3.91. The number of methoxy groups -OCH3 is 3. The Balaban J connectivity index is 2.02. The predicted molar refractivity (Wildman–Crippen MR) is 101 cm³/mol. The van der Waals surface area contributed by atoms with E-state index in [2.05, 4.69) is 12.2 Å². The highest BCUT2D eigenvalue weighted by molar-refractivity contribution is 5.97. The van der Waals surface area contributed by atoms with Crippen molar-refractivity contribution < 1.29 is 28.5 Å². The number of amides is 1. The van der Waals surface area contributed by atoms with Gasteiger partial charge < -0.3 is 24.3 Å². The van der Waals surface area contributed by atoms with E-state index in [1.807, 2.05) is 12.1 Å². The van der Waals surface area contributed by atoms with Crippen molar-refractivity contribution in [1.29, 1.82) is 0 Å². The number of hydrogen-bond acceptors (Lipinski definition) is 6. The summed E-state index contributed by atoms with van der Waals surface area (Å²) in [7, 11) is 4.36. The van der Waals surface area contributed by atoms with E-state index in [1.54, 1.807) is 12.1 Å². The Morgan fingerprint density at radius 2 is 1.48 bits per heavy atom. The maximum Gasteiger partial charge on any atom is 0.342 e. The van der Waals surface area contributed by atoms with E-state index in [-0.39, 0.29) is 11.3 Å². The van der Waals surface area contributed by atoms with Gasteiger partial charge in [0.1, 0.15) is 11.3 Å². The van der Waals surface area contributed by atoms with Gasteiger partial charge in [-0.1, -0.05) is 19.1 Å². The second-order valence-corrected chi connectivity index (χ2v) is 5.58. The molecule has 1 N–H and O–H groups in total. The Labute approximate surface area is 158 Å². The van der Waals surface area contributed by atoms with Gasteiger partial charge in [-0.15, -0.1) is 0 Å². The Hall–Kier alpha value is -3.22. The fourth-order valence-electron chi connectivity index (χ4n) is 2.42. The summed E-state index contributed by atoms with van der Waals surface area (Å²) in [5.41, 5.74) is 1.94. The molecule has 0 bridgehead atoms. The number of aryl methyl sites for hydroxylation is 1. The topological polar surface area (TPSA) is 83.1 Å². The van der Waals surface area contributed by atoms with Crippen LogP contribution in [0.2, 0.25) is 0 Å². The molecule has 0 saturated heterocycles. The van der Waals surface area contributed by atoms with E-state index < -0.39 is 18.5 Å². The molecule has 0 aliphatic heterocycles. The van der Waals surface area contributed by atoms with Gasteiger partial charge in [0.05, 0.1) is 21.3 Å². The number of ether oxygens (including phenoxy) is 4. The zero-order valence-corrected chi connectivity index (χ0v) is 15.8. The maximum absolute atomic E-state index is 12.4. The van der Waals surface area contributed by atoms with Gasteiger partial charge in [0.25, 0.3) is 5.91 Å². The predicted octanol–water partition coefficient (Wildman–Crippen LogP) is 3.07. The van der Waals surface area contributed by atoms with Crippen LogP contribution in [0, 0.1) is 0 Å². The molecule has 2 aromatic rings. The third-order valence-corrected chi connectivity index (χ3v) is 3.91. The molecular formula is C20H23NO6. The zero-order valence-electron chi connectivity index (χ0n) is 15.8. The molecule has 1 amide bonds. The fraction of sp³-hybridized carbons (Fsp3) is 0.300. The van der Waals surface area contributed by atoms with E-state index in [0.29, 0.717) is 17.2 Å². The van der Waals surface area contributed by atoms with Crippen molar-refractivity contribution in [2.24, 2.45) is 0 Å². The number of nitrogens with one attached hydrogen (secondary N) is 1. The lowest BCUT2D eigenvalue weighted by Crippen LogP contribution is -2.21. The Bertz CT molecular complexity index is 801. The normalized spacial score (nSPS) is 10.1. The molecule has 2 aromatic carbocycles. The lowest BCUT2D eigenvalue weighted by molar-refractivity contribution is -0.119. The summed E-state index contributed by atoms with van der Waals surface area (Å²) >= 11 is 0. The summed E-state index contributed by atoms with van der Waals surface area (Å²) < 4.78 is 20.6. The Kier molecular flexibility index (Phi) is 7.05. The first-order valence-corrected chi connectivity index (χ1v) is 8.38. The largest absolute Gasteiger partial charge is 0.496 e. The lowest BCUT2D eigenvalue weighted by Gasteiger charge is -2.13. The first-order chi connectivity index (χ1) is 13.0. The average molecular weight is 373 g/mol. The van der Waals surface area contributed by atoms with Crippen LogP contribution in [0.15, 0.2) is 36.4 Å². The van der Waals surface area contributed by atoms with Gasteiger partial charge in [-0.3, -0.25) is 4.79 Å². The van der Waals surface area contributed by atoms with Crippen LogP contribution in [0.1, 0.15) is 22.8 Å². The number of carbonyl (C=O) groups excluding carboxylic acids is 2. The zero-order chi connectivity index (χ0) is 19.8. The molecule has 7 nitrogen and oxygen atoms in total. The van der Waals surface area contributed by atoms with Crippen LogP contribution in [0.3, 0.4) is 0 Å². The molecule has 0 spiro atoms. The molecule has 0 saturated carbocycles. The van der Waals surface area contributed by atoms with E-state index in [4.69, 9.17) is 18.9 Å². The molecule has 0 radical (unpaired) electrons. The van der Waals surface area contributed by atoms with Crippen LogP contribution >= 0.6 is 0 Å². The van der Waals surface area contributed by atoms with Gasteiger partial charge in [-0.05, 0) is 24.1 Å². The molecular weight excluding hydrogens is 350 g/mol. The monoisotopic (exact) mass is 373 g/mol. The van der Waals surface area contributed by atoms with E-state index in [0.717, 1.165) is 6.42 Å². The van der Waals surface area contributed by atoms with Crippen molar-refractivity contribution in [3.63, 3.8) is 0 Å². The molecule has 0 aliphatic carbocycles. The van der Waals surface area contributed by atoms with Gasteiger partial charge in [0.2, 0.25) is 0 Å². The molecule has 0 unspecified atom stereocenters. The second-order valence-electron chi connectivity index (χ2n) is 5.58. The summed E-state index contributed by atoms with van der Waals surface area (Å²) in [5, 5.41) is 2.68. The summed E-state index contributed by atoms with van der Waals surface area (Å²) in [6.45, 7) is 1.63. The highest BCUT2D eigenvalue weighted by atomic mass is 16.5. The van der Waals surface area contributed by atoms with Gasteiger partial charge in [0, 0.05) is 17.8 Å². The molecule has 0 aliphatic rings. The summed E-state index contributed by atoms with van der Waals surface area (Å²) in [5.74, 6) is -0.116. The molecule has 144 valence electrons. The number of carbonyl (C=O) groups is 2. The molecule has 0 aromatic heterocycles. The first kappa shape index (κ1) is 20.1. The van der Waals surface area contributed by atoms with Crippen molar-refractivity contribution in [3.8, 4) is 17.2 Å². The van der Waals surface area contributed by atoms with Crippen molar-refractivity contribution in [2.75, 3.05) is 33.3 Å². The minimum atomic E-state index is -0.704. The smallest absolute Gasteiger partial charge is 0.342 e. The van der Waals surface area contributed by atoms with Crippen LogP contribution in [0.4, 0.5) is 5.69 Å². The van der Waals surface area contributed by atoms with Crippen LogP contribution in [0.5, 0.6) is 17.2 Å². The van der Waals surface area contributed by atoms with Crippen molar-refractivity contribution in [2.45, 2.75) is 13.3 Å². The number of rotatable bonds is 8. The molecule has 0 heterocycles. The SMILES string of the molecule is CCc1ccc(NC(=O)COC(=O)c2cc(OC)c(OC)cc2OC)cc1. The summed E-state index contributed by atoms with van der Waals surface area (Å²) in [4.78, 5) is 24.4. The number of hydrogen-bond donors (Lipinski definition) is 1. The fourth-order valence-corrected chi connectivity index (χ4v) is 2.42. The quantitative estimate of drug-likeness (QED) is 0.716. The van der Waals surface area contributed by atoms with Gasteiger partial charge in [-0.25, -0.2) is 4.79 Å². The van der Waals surface area contributed by atoms with Gasteiger partial charge >= 0.3 is 5.97 Å². The van der Waals surface area contributed by atoms with Crippen molar-refractivity contribution in [1.82, 2.24) is 0 Å². The Morgan fingerprint density at radius 1 is 0.889 bits per heavy atom. The van der Waals surface area contributed by atoms with Gasteiger partial charge in [0.15, 0.2) is 18.1 Å². The average Bonchev–Trinajstić information content (AvgIpc) is 2.71. The second kappa shape index (κ2) is 9.47. The summed E-state index contributed by atoms with van der Waals surface area (Å²) in [6.07, 6.45) is 0.916. The summed E-state index contributed by atoms with van der Waals surface area (Å²) in [6, 6.07) is 10.4. The van der Waals surface area contributed by atoms with E-state index in [9.17, 15) is 9.59 Å². The highest BCUT2D eigenvalue weighted by Gasteiger charge is 2.20. The molecule has 2 rings (SSSR count). The molecule has 7 heteroatoms. The minimum absolute atomic E-state index is 0.134. The van der Waals surface area contributed by atoms with Gasteiger partial charge in [-0.2, -0.15) is 0 Å². The van der Waals surface area contributed by atoms with E-state index in [1.165, 1.54) is 39.0 Å². The molecule has 0 fully saturated rings. The number of anilines is 1. The third kappa shape index (κ3) is 5.13. The van der Waals surface area contributed by atoms with Crippen LogP contribution < -0.4 is 19.5 Å².